The van der Waals surface area contributed by atoms with Gasteiger partial charge < -0.3 is 10.3 Å². The van der Waals surface area contributed by atoms with Crippen LogP contribution in [-0.4, -0.2) is 5.16 Å². The molecule has 0 saturated heterocycles. The van der Waals surface area contributed by atoms with Crippen LogP contribution in [0.5, 0.6) is 0 Å². The van der Waals surface area contributed by atoms with Crippen molar-refractivity contribution in [3.8, 4) is 0 Å². The van der Waals surface area contributed by atoms with Gasteiger partial charge in [0.25, 0.3) is 0 Å². The predicted molar refractivity (Wildman–Crippen MR) is 46.1 cm³/mol. The summed E-state index contributed by atoms with van der Waals surface area (Å²) >= 11 is 3.23. The Balaban J connectivity index is 2.96. The molecule has 0 unspecified atom stereocenters. The van der Waals surface area contributed by atoms with Crippen molar-refractivity contribution >= 4 is 32.6 Å². The third-order valence-corrected chi connectivity index (χ3v) is 2.03. The maximum absolute atomic E-state index is 5.67. The maximum atomic E-state index is 5.67. The van der Waals surface area contributed by atoms with Crippen LogP contribution in [0.3, 0.4) is 0 Å². The van der Waals surface area contributed by atoms with Gasteiger partial charge in [-0.3, -0.25) is 0 Å². The van der Waals surface area contributed by atoms with Gasteiger partial charge in [0.1, 0.15) is 0 Å². The van der Waals surface area contributed by atoms with Gasteiger partial charge in [0, 0.05) is 5.69 Å². The van der Waals surface area contributed by atoms with Gasteiger partial charge in [0.05, 0.1) is 5.39 Å². The van der Waals surface area contributed by atoms with Gasteiger partial charge in [-0.05, 0) is 28.1 Å². The summed E-state index contributed by atoms with van der Waals surface area (Å²) in [6.45, 7) is 0. The molecule has 0 spiro atoms. The molecule has 2 aromatic rings. The van der Waals surface area contributed by atoms with E-state index in [1.54, 1.807) is 0 Å². The molecular formula is C7H5BrN2O. The van der Waals surface area contributed by atoms with Crippen LogP contribution >= 0.6 is 15.9 Å². The smallest absolute Gasteiger partial charge is 0.170 e. The topological polar surface area (TPSA) is 52.0 Å². The fraction of sp³-hybridized carbons (Fsp3) is 0. The van der Waals surface area contributed by atoms with Crippen LogP contribution in [0.25, 0.3) is 11.0 Å². The van der Waals surface area contributed by atoms with Crippen molar-refractivity contribution in [3.05, 3.63) is 22.8 Å². The Morgan fingerprint density at radius 3 is 3.00 bits per heavy atom. The molecule has 0 radical (unpaired) electrons. The summed E-state index contributed by atoms with van der Waals surface area (Å²) in [6.07, 6.45) is 0. The predicted octanol–water partition coefficient (Wildman–Crippen LogP) is 2.17. The fourth-order valence-corrected chi connectivity index (χ4v) is 1.48. The van der Waals surface area contributed by atoms with Gasteiger partial charge in [0.15, 0.2) is 10.2 Å². The van der Waals surface area contributed by atoms with E-state index in [4.69, 9.17) is 10.3 Å². The molecule has 11 heavy (non-hydrogen) atoms. The summed E-state index contributed by atoms with van der Waals surface area (Å²) in [5, 5.41) is 4.56. The van der Waals surface area contributed by atoms with Gasteiger partial charge in [-0.1, -0.05) is 11.2 Å². The number of nitrogen functional groups attached to an aromatic ring is 1. The minimum absolute atomic E-state index is 0.658. The third-order valence-electron chi connectivity index (χ3n) is 1.49. The first-order chi connectivity index (χ1) is 5.29. The largest absolute Gasteiger partial charge is 0.398 e. The minimum atomic E-state index is 0.658. The second-order valence-corrected chi connectivity index (χ2v) is 2.94. The quantitative estimate of drug-likeness (QED) is 0.682. The maximum Gasteiger partial charge on any atom is 0.170 e. The van der Waals surface area contributed by atoms with Crippen molar-refractivity contribution in [1.29, 1.82) is 0 Å². The molecule has 0 atom stereocenters. The first-order valence-electron chi connectivity index (χ1n) is 3.08. The van der Waals surface area contributed by atoms with Crippen molar-refractivity contribution in [3.63, 3.8) is 0 Å². The van der Waals surface area contributed by atoms with Crippen LogP contribution in [0.2, 0.25) is 0 Å². The van der Waals surface area contributed by atoms with Crippen LogP contribution in [-0.2, 0) is 0 Å². The number of halogens is 1. The highest BCUT2D eigenvalue weighted by Gasteiger charge is 2.06. The molecule has 3 nitrogen and oxygen atoms in total. The van der Waals surface area contributed by atoms with Crippen molar-refractivity contribution in [1.82, 2.24) is 5.16 Å². The SMILES string of the molecule is Nc1cccc2onc(Br)c12. The second kappa shape index (κ2) is 2.23. The number of aromatic nitrogens is 1. The first-order valence-corrected chi connectivity index (χ1v) is 3.87. The van der Waals surface area contributed by atoms with Crippen LogP contribution in [0.4, 0.5) is 5.69 Å². The molecule has 0 saturated carbocycles. The average Bonchev–Trinajstić information content (AvgIpc) is 2.34. The molecule has 0 bridgehead atoms. The standard InChI is InChI=1S/C7H5BrN2O/c8-7-6-4(9)2-1-3-5(6)11-10-7/h1-3H,9H2. The number of hydrogen-bond donors (Lipinski definition) is 1. The van der Waals surface area contributed by atoms with Gasteiger partial charge in [-0.15, -0.1) is 0 Å². The Bertz CT molecular complexity index is 396. The van der Waals surface area contributed by atoms with Gasteiger partial charge in [-0.2, -0.15) is 0 Å². The molecule has 2 rings (SSSR count). The van der Waals surface area contributed by atoms with E-state index >= 15 is 0 Å². The molecule has 56 valence electrons. The van der Waals surface area contributed by atoms with Crippen molar-refractivity contribution in [2.24, 2.45) is 0 Å². The molecule has 0 aliphatic carbocycles. The van der Waals surface area contributed by atoms with Crippen molar-refractivity contribution < 1.29 is 4.52 Å². The number of hydrogen-bond acceptors (Lipinski definition) is 3. The number of fused-ring (bicyclic) bond motifs is 1. The van der Waals surface area contributed by atoms with E-state index < -0.39 is 0 Å². The Morgan fingerprint density at radius 1 is 1.45 bits per heavy atom. The monoisotopic (exact) mass is 212 g/mol. The summed E-state index contributed by atoms with van der Waals surface area (Å²) in [5.74, 6) is 0. The minimum Gasteiger partial charge on any atom is -0.398 e. The van der Waals surface area contributed by atoms with E-state index in [1.807, 2.05) is 18.2 Å². The van der Waals surface area contributed by atoms with E-state index in [0.717, 1.165) is 5.39 Å². The van der Waals surface area contributed by atoms with E-state index in [-0.39, 0.29) is 0 Å². The highest BCUT2D eigenvalue weighted by Crippen LogP contribution is 2.27. The molecule has 4 heteroatoms. The van der Waals surface area contributed by atoms with E-state index in [1.165, 1.54) is 0 Å². The molecule has 1 aromatic heterocycles. The summed E-state index contributed by atoms with van der Waals surface area (Å²) < 4.78 is 5.61. The Hall–Kier alpha value is -1.03. The number of rotatable bonds is 0. The van der Waals surface area contributed by atoms with Gasteiger partial charge in [0.2, 0.25) is 0 Å². The molecular weight excluding hydrogens is 208 g/mol. The summed E-state index contributed by atoms with van der Waals surface area (Å²) in [6, 6.07) is 5.46. The molecule has 0 amide bonds. The lowest BCUT2D eigenvalue weighted by Crippen LogP contribution is -1.83. The third kappa shape index (κ3) is 0.903. The van der Waals surface area contributed by atoms with Crippen molar-refractivity contribution in [2.75, 3.05) is 5.73 Å². The zero-order valence-corrected chi connectivity index (χ0v) is 7.13. The normalized spacial score (nSPS) is 10.6. The van der Waals surface area contributed by atoms with E-state index in [9.17, 15) is 0 Å². The van der Waals surface area contributed by atoms with E-state index in [2.05, 4.69) is 21.1 Å². The average molecular weight is 213 g/mol. The lowest BCUT2D eigenvalue weighted by molar-refractivity contribution is 0.451. The van der Waals surface area contributed by atoms with Crippen LogP contribution in [0.15, 0.2) is 27.3 Å². The highest BCUT2D eigenvalue weighted by molar-refractivity contribution is 9.10. The van der Waals surface area contributed by atoms with E-state index in [0.29, 0.717) is 15.9 Å². The zero-order valence-electron chi connectivity index (χ0n) is 5.54. The molecule has 1 aromatic carbocycles. The molecule has 0 aliphatic heterocycles. The number of nitrogens with zero attached hydrogens (tertiary/aromatic N) is 1. The summed E-state index contributed by atoms with van der Waals surface area (Å²) in [4.78, 5) is 0. The molecule has 2 N–H and O–H groups in total. The lowest BCUT2D eigenvalue weighted by Gasteiger charge is -1.91. The van der Waals surface area contributed by atoms with Crippen LogP contribution < -0.4 is 5.73 Å². The number of nitrogens with two attached hydrogens (primary N) is 1. The number of anilines is 1. The highest BCUT2D eigenvalue weighted by atomic mass is 79.9. The van der Waals surface area contributed by atoms with Crippen LogP contribution in [0, 0.1) is 0 Å². The molecule has 1 heterocycles. The zero-order chi connectivity index (χ0) is 7.84. The Morgan fingerprint density at radius 2 is 2.27 bits per heavy atom. The Labute approximate surface area is 71.3 Å². The van der Waals surface area contributed by atoms with Gasteiger partial charge in [-0.25, -0.2) is 0 Å². The first kappa shape index (κ1) is 6.67. The fourth-order valence-electron chi connectivity index (χ4n) is 0.980. The number of benzene rings is 1. The van der Waals surface area contributed by atoms with Crippen molar-refractivity contribution in [2.45, 2.75) is 0 Å². The summed E-state index contributed by atoms with van der Waals surface area (Å²) in [7, 11) is 0. The Kier molecular flexibility index (Phi) is 1.35. The molecule has 0 fully saturated rings. The van der Waals surface area contributed by atoms with Crippen LogP contribution in [0.1, 0.15) is 0 Å². The summed E-state index contributed by atoms with van der Waals surface area (Å²) in [5.41, 5.74) is 7.05. The lowest BCUT2D eigenvalue weighted by atomic mass is 10.2. The second-order valence-electron chi connectivity index (χ2n) is 2.19. The van der Waals surface area contributed by atoms with Gasteiger partial charge >= 0.3 is 0 Å². The molecule has 0 aliphatic rings.